The van der Waals surface area contributed by atoms with Crippen molar-refractivity contribution in [2.75, 3.05) is 0 Å². The first kappa shape index (κ1) is 14.0. The Kier molecular flexibility index (Phi) is 4.07. The van der Waals surface area contributed by atoms with E-state index >= 15 is 0 Å². The van der Waals surface area contributed by atoms with Crippen LogP contribution >= 0.6 is 0 Å². The summed E-state index contributed by atoms with van der Waals surface area (Å²) in [6, 6.07) is 0.955. The Bertz CT molecular complexity index is 449. The largest absolute Gasteiger partial charge is 0.439 e. The molecule has 0 spiro atoms. The van der Waals surface area contributed by atoms with E-state index in [0.717, 1.165) is 12.8 Å². The van der Waals surface area contributed by atoms with Crippen molar-refractivity contribution in [3.63, 3.8) is 0 Å². The van der Waals surface area contributed by atoms with Crippen LogP contribution in [0.4, 0.5) is 4.39 Å². The van der Waals surface area contributed by atoms with Crippen LogP contribution in [0.2, 0.25) is 0 Å². The van der Waals surface area contributed by atoms with Gasteiger partial charge < -0.3 is 23.4 Å². The predicted octanol–water partition coefficient (Wildman–Crippen LogP) is 2.59. The van der Waals surface area contributed by atoms with E-state index in [-0.39, 0.29) is 37.5 Å². The Balaban J connectivity index is 1.66. The molecule has 5 atom stereocenters. The number of halogens is 1. The van der Waals surface area contributed by atoms with Gasteiger partial charge >= 0.3 is 0 Å². The van der Waals surface area contributed by atoms with Gasteiger partial charge in [0.15, 0.2) is 12.6 Å². The van der Waals surface area contributed by atoms with Gasteiger partial charge in [-0.05, 0) is 19.4 Å². The number of rotatable bonds is 5. The maximum atomic E-state index is 13.3. The second-order valence-electron chi connectivity index (χ2n) is 5.13. The molecule has 0 aliphatic carbocycles. The summed E-state index contributed by atoms with van der Waals surface area (Å²) in [6.45, 7) is 4.04. The predicted molar refractivity (Wildman–Crippen MR) is 66.2 cm³/mol. The molecule has 0 N–H and O–H groups in total. The maximum absolute atomic E-state index is 13.3. The van der Waals surface area contributed by atoms with Crippen LogP contribution in [0.5, 0.6) is 0 Å². The van der Waals surface area contributed by atoms with Crippen molar-refractivity contribution in [1.82, 2.24) is 0 Å². The third-order valence-corrected chi connectivity index (χ3v) is 3.64. The highest BCUT2D eigenvalue weighted by atomic mass is 19.1. The highest BCUT2D eigenvalue weighted by Crippen LogP contribution is 2.36. The summed E-state index contributed by atoms with van der Waals surface area (Å²) in [4.78, 5) is 0. The van der Waals surface area contributed by atoms with Crippen molar-refractivity contribution >= 4 is 0 Å². The molecule has 1 aromatic rings. The third kappa shape index (κ3) is 2.61. The lowest BCUT2D eigenvalue weighted by atomic mass is 10.1. The Morgan fingerprint density at radius 2 is 2.15 bits per heavy atom. The van der Waals surface area contributed by atoms with Crippen LogP contribution in [-0.4, -0.2) is 30.9 Å². The molecule has 0 bridgehead atoms. The lowest BCUT2D eigenvalue weighted by Gasteiger charge is -2.22. The molecule has 2 fully saturated rings. The molecule has 112 valence electrons. The summed E-state index contributed by atoms with van der Waals surface area (Å²) in [7, 11) is 0. The van der Waals surface area contributed by atoms with Gasteiger partial charge in [0.1, 0.15) is 12.2 Å². The average molecular weight is 286 g/mol. The molecule has 6 heteroatoms. The average Bonchev–Trinajstić information content (AvgIpc) is 3.04. The van der Waals surface area contributed by atoms with Crippen LogP contribution in [0, 0.1) is 6.01 Å². The van der Waals surface area contributed by atoms with Crippen molar-refractivity contribution in [3.05, 3.63) is 23.9 Å². The normalized spacial score (nSPS) is 36.5. The van der Waals surface area contributed by atoms with Gasteiger partial charge in [-0.15, -0.1) is 0 Å². The molecule has 2 aliphatic rings. The minimum atomic E-state index is -0.607. The van der Waals surface area contributed by atoms with Crippen molar-refractivity contribution < 1.29 is 27.8 Å². The molecule has 1 aromatic heterocycles. The number of furan rings is 1. The molecule has 1 unspecified atom stereocenters. The molecule has 5 nitrogen and oxygen atoms in total. The van der Waals surface area contributed by atoms with Gasteiger partial charge in [0.05, 0.1) is 24.5 Å². The summed E-state index contributed by atoms with van der Waals surface area (Å²) < 4.78 is 40.8. The zero-order valence-electron chi connectivity index (χ0n) is 11.6. The number of ether oxygens (including phenoxy) is 4. The zero-order valence-corrected chi connectivity index (χ0v) is 11.6. The topological polar surface area (TPSA) is 50.1 Å². The van der Waals surface area contributed by atoms with Crippen molar-refractivity contribution in [2.24, 2.45) is 0 Å². The Labute approximate surface area is 116 Å². The first-order valence-electron chi connectivity index (χ1n) is 6.99. The molecule has 0 saturated carbocycles. The molecule has 3 rings (SSSR count). The smallest absolute Gasteiger partial charge is 0.283 e. The van der Waals surface area contributed by atoms with E-state index in [2.05, 4.69) is 11.3 Å². The first-order valence-corrected chi connectivity index (χ1v) is 6.99. The van der Waals surface area contributed by atoms with E-state index in [1.54, 1.807) is 6.07 Å². The highest BCUT2D eigenvalue weighted by molar-refractivity contribution is 5.06. The van der Waals surface area contributed by atoms with E-state index in [1.165, 1.54) is 6.26 Å². The summed E-state index contributed by atoms with van der Waals surface area (Å²) in [5, 5.41) is 0. The van der Waals surface area contributed by atoms with E-state index in [0.29, 0.717) is 5.56 Å². The monoisotopic (exact) mass is 286 g/mol. The van der Waals surface area contributed by atoms with Gasteiger partial charge in [-0.25, -0.2) is 0 Å². The summed E-state index contributed by atoms with van der Waals surface area (Å²) in [5.41, 5.74) is 0.399. The van der Waals surface area contributed by atoms with Crippen LogP contribution in [0.15, 0.2) is 16.7 Å². The molecule has 20 heavy (non-hydrogen) atoms. The Morgan fingerprint density at radius 1 is 1.30 bits per heavy atom. The Morgan fingerprint density at radius 3 is 2.85 bits per heavy atom. The van der Waals surface area contributed by atoms with Crippen LogP contribution in [0.25, 0.3) is 0 Å². The SMILES string of the molecule is CCC[C@H]1O[C@@H]2OC(C)O[C@@H]2[C@H]1OCc1ccoc1F. The van der Waals surface area contributed by atoms with Gasteiger partial charge in [0.2, 0.25) is 0 Å². The molecule has 3 heterocycles. The first-order chi connectivity index (χ1) is 9.69. The summed E-state index contributed by atoms with van der Waals surface area (Å²) in [6.07, 6.45) is 1.85. The summed E-state index contributed by atoms with van der Waals surface area (Å²) in [5.74, 6) is 0. The van der Waals surface area contributed by atoms with Crippen LogP contribution in [0.1, 0.15) is 32.3 Å². The number of hydrogen-bond donors (Lipinski definition) is 0. The fourth-order valence-electron chi connectivity index (χ4n) is 2.71. The molecule has 2 saturated heterocycles. The minimum Gasteiger partial charge on any atom is -0.439 e. The Hall–Kier alpha value is -0.950. The van der Waals surface area contributed by atoms with Gasteiger partial charge in [-0.1, -0.05) is 13.3 Å². The molecule has 0 radical (unpaired) electrons. The van der Waals surface area contributed by atoms with Gasteiger partial charge in [-0.2, -0.15) is 4.39 Å². The lowest BCUT2D eigenvalue weighted by Crippen LogP contribution is -2.35. The van der Waals surface area contributed by atoms with Gasteiger partial charge in [0, 0.05) is 0 Å². The maximum Gasteiger partial charge on any atom is 0.283 e. The third-order valence-electron chi connectivity index (χ3n) is 3.64. The molecule has 0 aromatic carbocycles. The van der Waals surface area contributed by atoms with E-state index in [4.69, 9.17) is 18.9 Å². The zero-order chi connectivity index (χ0) is 14.1. The van der Waals surface area contributed by atoms with E-state index in [9.17, 15) is 4.39 Å². The number of fused-ring (bicyclic) bond motifs is 1. The molecule has 2 aliphatic heterocycles. The van der Waals surface area contributed by atoms with Crippen LogP contribution in [0.3, 0.4) is 0 Å². The van der Waals surface area contributed by atoms with Crippen molar-refractivity contribution in [1.29, 1.82) is 0 Å². The van der Waals surface area contributed by atoms with E-state index in [1.807, 2.05) is 6.92 Å². The van der Waals surface area contributed by atoms with Crippen molar-refractivity contribution in [3.8, 4) is 0 Å². The second-order valence-corrected chi connectivity index (χ2v) is 5.13. The van der Waals surface area contributed by atoms with E-state index < -0.39 is 6.01 Å². The van der Waals surface area contributed by atoms with Crippen LogP contribution in [-0.2, 0) is 25.6 Å². The standard InChI is InChI=1S/C14H19FO5/c1-3-4-10-11(12-14(20-10)19-8(2)18-12)17-7-9-5-6-16-13(9)15/h5-6,8,10-12,14H,3-4,7H2,1-2H3/t8?,10-,11+,12-,14+/m1/s1. The van der Waals surface area contributed by atoms with Gasteiger partial charge in [-0.3, -0.25) is 0 Å². The lowest BCUT2D eigenvalue weighted by molar-refractivity contribution is -0.169. The fourth-order valence-corrected chi connectivity index (χ4v) is 2.71. The molecular formula is C14H19FO5. The fraction of sp³-hybridized carbons (Fsp3) is 0.714. The van der Waals surface area contributed by atoms with Gasteiger partial charge in [0.25, 0.3) is 6.01 Å². The number of hydrogen-bond acceptors (Lipinski definition) is 5. The molecule has 0 amide bonds. The minimum absolute atomic E-state index is 0.0857. The second kappa shape index (κ2) is 5.81. The van der Waals surface area contributed by atoms with Crippen molar-refractivity contribution in [2.45, 2.75) is 64.2 Å². The highest BCUT2D eigenvalue weighted by Gasteiger charge is 2.51. The molecular weight excluding hydrogens is 267 g/mol. The quantitative estimate of drug-likeness (QED) is 0.832. The summed E-state index contributed by atoms with van der Waals surface area (Å²) >= 11 is 0. The van der Waals surface area contributed by atoms with Crippen LogP contribution < -0.4 is 0 Å².